The van der Waals surface area contributed by atoms with Gasteiger partial charge in [-0.2, -0.15) is 17.8 Å². The first kappa shape index (κ1) is 30.3. The molecule has 1 fully saturated rings. The fraction of sp³-hybridized carbons (Fsp3) is 0.238. The molecule has 0 radical (unpaired) electrons. The predicted octanol–water partition coefficient (Wildman–Crippen LogP) is -0.0827. The number of oxime groups is 1. The maximum atomic E-state index is 13.0. The van der Waals surface area contributed by atoms with Crippen LogP contribution in [0, 0.1) is 0 Å². The van der Waals surface area contributed by atoms with E-state index < -0.39 is 63.0 Å². The largest absolute Gasteiger partial charge is 0.477 e. The average molecular weight is 673 g/mol. The first-order valence-electron chi connectivity index (χ1n) is 11.7. The normalized spacial score (nSPS) is 19.0. The number of anilines is 1. The molecule has 2 amide bonds. The van der Waals surface area contributed by atoms with Gasteiger partial charge in [0.2, 0.25) is 16.7 Å². The molecule has 0 spiro atoms. The highest BCUT2D eigenvalue weighted by Gasteiger charge is 2.54. The van der Waals surface area contributed by atoms with Gasteiger partial charge in [-0.3, -0.25) is 19.0 Å². The maximum Gasteiger partial charge on any atom is 0.359 e. The Hall–Kier alpha value is -4.12. The Labute approximate surface area is 253 Å². The second-order valence-electron chi connectivity index (χ2n) is 8.52. The maximum absolute atomic E-state index is 13.0. The molecule has 5 rings (SSSR count). The SMILES string of the molecule is C[n+]1ccn2nc(S/C=C/C3=C(C(=O)O)N4C(=O)[C@@H](NC(=O)/C(=N\OCF)c5nsc(NS(=O)(=O)O)n5)[C@H]4SC3)ccc21. The van der Waals surface area contributed by atoms with Crippen LogP contribution in [0.2, 0.25) is 0 Å². The van der Waals surface area contributed by atoms with E-state index >= 15 is 0 Å². The van der Waals surface area contributed by atoms with Gasteiger partial charge in [0, 0.05) is 23.4 Å². The topological polar surface area (TPSA) is 222 Å². The molecule has 1 saturated heterocycles. The van der Waals surface area contributed by atoms with Crippen molar-refractivity contribution in [2.45, 2.75) is 16.4 Å². The molecule has 0 unspecified atom stereocenters. The minimum atomic E-state index is -4.70. The summed E-state index contributed by atoms with van der Waals surface area (Å²) in [6, 6.07) is 2.52. The summed E-state index contributed by atoms with van der Waals surface area (Å²) in [6.07, 6.45) is 5.24. The van der Waals surface area contributed by atoms with E-state index in [1.165, 1.54) is 23.5 Å². The van der Waals surface area contributed by atoms with Crippen LogP contribution in [0.15, 0.2) is 57.5 Å². The molecule has 2 aliphatic heterocycles. The Morgan fingerprint density at radius 2 is 2.19 bits per heavy atom. The molecular weight excluding hydrogens is 654 g/mol. The number of nitrogens with one attached hydrogen (secondary N) is 2. The fourth-order valence-corrected chi connectivity index (χ4v) is 7.15. The third-order valence-electron chi connectivity index (χ3n) is 5.83. The zero-order chi connectivity index (χ0) is 30.9. The smallest absolute Gasteiger partial charge is 0.359 e. The minimum Gasteiger partial charge on any atom is -0.477 e. The van der Waals surface area contributed by atoms with Gasteiger partial charge >= 0.3 is 21.9 Å². The Morgan fingerprint density at radius 3 is 2.91 bits per heavy atom. The van der Waals surface area contributed by atoms with Crippen LogP contribution in [-0.2, 0) is 36.6 Å². The number of β-lactam (4-membered cyclic amide) rings is 1. The molecule has 17 nitrogen and oxygen atoms in total. The van der Waals surface area contributed by atoms with Crippen LogP contribution in [0.5, 0.6) is 0 Å². The molecule has 0 saturated carbocycles. The number of thioether (sulfide) groups is 2. The molecule has 43 heavy (non-hydrogen) atoms. The lowest BCUT2D eigenvalue weighted by molar-refractivity contribution is -0.644. The molecule has 3 aromatic heterocycles. The van der Waals surface area contributed by atoms with Crippen molar-refractivity contribution in [1.82, 2.24) is 29.2 Å². The van der Waals surface area contributed by atoms with E-state index in [4.69, 9.17) is 4.55 Å². The number of hydrogen-bond donors (Lipinski definition) is 4. The van der Waals surface area contributed by atoms with Crippen LogP contribution < -0.4 is 14.6 Å². The van der Waals surface area contributed by atoms with Gasteiger partial charge in [-0.15, -0.1) is 16.3 Å². The lowest BCUT2D eigenvalue weighted by Crippen LogP contribution is -2.71. The van der Waals surface area contributed by atoms with E-state index in [9.17, 15) is 32.3 Å². The van der Waals surface area contributed by atoms with Crippen molar-refractivity contribution in [3.05, 3.63) is 53.1 Å². The van der Waals surface area contributed by atoms with E-state index in [1.807, 2.05) is 29.9 Å². The molecule has 0 aliphatic carbocycles. The third-order valence-corrected chi connectivity index (χ3v) is 9.07. The number of fused-ring (bicyclic) bond motifs is 2. The summed E-state index contributed by atoms with van der Waals surface area (Å²) >= 11 is 2.90. The van der Waals surface area contributed by atoms with Gasteiger partial charge in [0.15, 0.2) is 6.20 Å². The monoisotopic (exact) mass is 672 g/mol. The van der Waals surface area contributed by atoms with Crippen LogP contribution in [0.25, 0.3) is 5.65 Å². The van der Waals surface area contributed by atoms with Gasteiger partial charge in [-0.25, -0.2) is 18.5 Å². The number of nitrogens with zero attached hydrogens (tertiary/aromatic N) is 7. The van der Waals surface area contributed by atoms with Crippen LogP contribution in [0.1, 0.15) is 5.82 Å². The third kappa shape index (κ3) is 6.46. The van der Waals surface area contributed by atoms with Gasteiger partial charge in [-0.05, 0) is 23.1 Å². The number of imidazole rings is 1. The Morgan fingerprint density at radius 1 is 1.40 bits per heavy atom. The van der Waals surface area contributed by atoms with Crippen molar-refractivity contribution < 1.29 is 46.3 Å². The van der Waals surface area contributed by atoms with E-state index in [2.05, 4.69) is 29.8 Å². The number of aromatic nitrogens is 5. The van der Waals surface area contributed by atoms with Gasteiger partial charge in [0.1, 0.15) is 28.3 Å². The van der Waals surface area contributed by atoms with Crippen LogP contribution in [0.3, 0.4) is 0 Å². The number of carbonyl (C=O) groups excluding carboxylic acids is 2. The number of allylic oxidation sites excluding steroid dienone is 1. The molecule has 2 aliphatic rings. The van der Waals surface area contributed by atoms with Gasteiger partial charge in [0.05, 0.1) is 7.05 Å². The second-order valence-corrected chi connectivity index (χ2v) is 12.5. The lowest BCUT2D eigenvalue weighted by Gasteiger charge is -2.49. The van der Waals surface area contributed by atoms with Crippen LogP contribution >= 0.6 is 35.1 Å². The summed E-state index contributed by atoms with van der Waals surface area (Å²) in [5.41, 5.74) is 0.317. The minimum absolute atomic E-state index is 0.198. The van der Waals surface area contributed by atoms with E-state index in [-0.39, 0.29) is 11.4 Å². The first-order valence-corrected chi connectivity index (χ1v) is 15.9. The number of carbonyl (C=O) groups is 3. The summed E-state index contributed by atoms with van der Waals surface area (Å²) in [5.74, 6) is -3.43. The predicted molar refractivity (Wildman–Crippen MR) is 150 cm³/mol. The number of halogens is 1. The van der Waals surface area contributed by atoms with Crippen molar-refractivity contribution in [2.24, 2.45) is 12.2 Å². The average Bonchev–Trinajstić information content (AvgIpc) is 3.56. The first-order chi connectivity index (χ1) is 20.5. The molecule has 3 aromatic rings. The highest BCUT2D eigenvalue weighted by Crippen LogP contribution is 2.41. The number of aryl methyl sites for hydroxylation is 1. The summed E-state index contributed by atoms with van der Waals surface area (Å²) in [4.78, 5) is 47.2. The van der Waals surface area contributed by atoms with Gasteiger partial charge < -0.3 is 15.3 Å². The fourth-order valence-electron chi connectivity index (χ4n) is 4.01. The Bertz CT molecular complexity index is 1820. The summed E-state index contributed by atoms with van der Waals surface area (Å²) in [6.45, 7) is -1.43. The van der Waals surface area contributed by atoms with Crippen molar-refractivity contribution in [3.8, 4) is 0 Å². The Balaban J connectivity index is 1.29. The standard InChI is InChI=1S/C21H18FN9O8S4/c1-29-5-6-30-12(29)3-2-11(25-30)40-7-4-10-8-41-19-14(18(33)31(19)15(10)20(34)35)23-17(32)13(26-39-9-22)16-24-21(42-27-16)28-43(36,37)38/h2-7,14,19H,8-9H2,1H3,(H3-,23,24,27,28,32,34,35,36,37,38)/p+1/b7-4+,26-13-/t14-,19-/m1/s1. The van der Waals surface area contributed by atoms with E-state index in [1.54, 1.807) is 26.9 Å². The number of carboxylic acids is 1. The van der Waals surface area contributed by atoms with Crippen molar-refractivity contribution in [1.29, 1.82) is 0 Å². The number of alkyl halides is 1. The molecule has 22 heteroatoms. The summed E-state index contributed by atoms with van der Waals surface area (Å²) in [5, 5.41) is 21.2. The number of rotatable bonds is 11. The number of carboxylic acid groups (broad SMARTS) is 1. The lowest BCUT2D eigenvalue weighted by atomic mass is 10.0. The van der Waals surface area contributed by atoms with Crippen LogP contribution in [-0.4, -0.2) is 89.5 Å². The molecular formula is C21H19FN9O8S4+. The van der Waals surface area contributed by atoms with E-state index in [0.717, 1.165) is 10.5 Å². The highest BCUT2D eigenvalue weighted by atomic mass is 32.2. The van der Waals surface area contributed by atoms with Crippen molar-refractivity contribution >= 4 is 79.6 Å². The molecule has 4 N–H and O–H groups in total. The number of hydrogen-bond acceptors (Lipinski definition) is 13. The summed E-state index contributed by atoms with van der Waals surface area (Å²) < 4.78 is 52.5. The zero-order valence-electron chi connectivity index (χ0n) is 21.5. The van der Waals surface area contributed by atoms with Crippen LogP contribution in [0.4, 0.5) is 9.52 Å². The molecule has 0 aromatic carbocycles. The molecule has 5 heterocycles. The number of amides is 2. The molecule has 0 bridgehead atoms. The van der Waals surface area contributed by atoms with E-state index in [0.29, 0.717) is 22.1 Å². The van der Waals surface area contributed by atoms with Crippen molar-refractivity contribution in [2.75, 3.05) is 17.3 Å². The second kappa shape index (κ2) is 12.2. The Kier molecular flexibility index (Phi) is 8.64. The van der Waals surface area contributed by atoms with Gasteiger partial charge in [-0.1, -0.05) is 22.0 Å². The van der Waals surface area contributed by atoms with Gasteiger partial charge in [0.25, 0.3) is 18.7 Å². The number of aliphatic carboxylic acids is 1. The zero-order valence-corrected chi connectivity index (χ0v) is 24.8. The van der Waals surface area contributed by atoms with Crippen molar-refractivity contribution in [3.63, 3.8) is 0 Å². The quantitative estimate of drug-likeness (QED) is 0.0523. The highest BCUT2D eigenvalue weighted by molar-refractivity contribution is 8.02. The molecule has 2 atom stereocenters. The summed E-state index contributed by atoms with van der Waals surface area (Å²) in [7, 11) is -2.81. The molecule has 226 valence electrons.